The molecule has 0 unspecified atom stereocenters. The van der Waals surface area contributed by atoms with Gasteiger partial charge in [-0.2, -0.15) is 0 Å². The largest absolute Gasteiger partial charge is 0.439 e. The van der Waals surface area contributed by atoms with Gasteiger partial charge in [0.15, 0.2) is 5.76 Å². The number of aromatic nitrogens is 1. The van der Waals surface area contributed by atoms with E-state index < -0.39 is 0 Å². The quantitative estimate of drug-likeness (QED) is 0.688. The summed E-state index contributed by atoms with van der Waals surface area (Å²) in [4.78, 5) is 6.68. The van der Waals surface area contributed by atoms with Crippen molar-refractivity contribution in [1.82, 2.24) is 9.88 Å². The second kappa shape index (κ2) is 7.03. The molecule has 2 heterocycles. The molecule has 0 N–H and O–H groups in total. The van der Waals surface area contributed by atoms with Gasteiger partial charge in [-0.15, -0.1) is 0 Å². The van der Waals surface area contributed by atoms with E-state index in [1.165, 1.54) is 23.3 Å². The summed E-state index contributed by atoms with van der Waals surface area (Å²) in [5.74, 6) is 1.11. The molecule has 1 aromatic heterocycles. The molecule has 3 aromatic rings. The van der Waals surface area contributed by atoms with E-state index in [4.69, 9.17) is 4.42 Å². The van der Waals surface area contributed by atoms with Crippen LogP contribution in [0.25, 0.3) is 16.9 Å². The van der Waals surface area contributed by atoms with Crippen LogP contribution in [0.1, 0.15) is 17.9 Å². The van der Waals surface area contributed by atoms with Gasteiger partial charge in [-0.1, -0.05) is 36.4 Å². The predicted molar refractivity (Wildman–Crippen MR) is 96.2 cm³/mol. The Kier molecular flexibility index (Phi) is 4.44. The topological polar surface area (TPSA) is 29.3 Å². The highest BCUT2D eigenvalue weighted by molar-refractivity contribution is 5.66. The van der Waals surface area contributed by atoms with Crippen LogP contribution >= 0.6 is 0 Å². The number of nitrogens with zero attached hydrogens (tertiary/aromatic N) is 2. The van der Waals surface area contributed by atoms with Gasteiger partial charge < -0.3 is 4.42 Å². The minimum atomic E-state index is -0.252. The van der Waals surface area contributed by atoms with Crippen LogP contribution in [0.3, 0.4) is 0 Å². The Labute approximate surface area is 146 Å². The lowest BCUT2D eigenvalue weighted by Crippen LogP contribution is -2.28. The Hall–Kier alpha value is -2.72. The zero-order chi connectivity index (χ0) is 17.1. The average Bonchev–Trinajstić information content (AvgIpc) is 3.12. The number of hydrogen-bond acceptors (Lipinski definition) is 3. The number of benzene rings is 2. The van der Waals surface area contributed by atoms with E-state index in [2.05, 4.69) is 40.2 Å². The van der Waals surface area contributed by atoms with Crippen LogP contribution < -0.4 is 0 Å². The first kappa shape index (κ1) is 15.8. The third-order valence-corrected chi connectivity index (χ3v) is 4.48. The summed E-state index contributed by atoms with van der Waals surface area (Å²) in [6.07, 6.45) is 5.01. The van der Waals surface area contributed by atoms with Crippen LogP contribution in [-0.4, -0.2) is 23.0 Å². The maximum atomic E-state index is 13.0. The maximum absolute atomic E-state index is 13.0. The van der Waals surface area contributed by atoms with Gasteiger partial charge in [-0.05, 0) is 41.8 Å². The van der Waals surface area contributed by atoms with Crippen molar-refractivity contribution < 1.29 is 8.81 Å². The van der Waals surface area contributed by atoms with Gasteiger partial charge >= 0.3 is 0 Å². The van der Waals surface area contributed by atoms with Crippen molar-refractivity contribution in [3.8, 4) is 11.3 Å². The summed E-state index contributed by atoms with van der Waals surface area (Å²) in [6, 6.07) is 16.8. The van der Waals surface area contributed by atoms with Gasteiger partial charge in [-0.3, -0.25) is 4.90 Å². The van der Waals surface area contributed by atoms with Crippen molar-refractivity contribution in [3.63, 3.8) is 0 Å². The van der Waals surface area contributed by atoms with Crippen LogP contribution in [0.4, 0.5) is 4.39 Å². The number of rotatable bonds is 4. The molecule has 0 aliphatic carbocycles. The second-order valence-corrected chi connectivity index (χ2v) is 6.21. The molecule has 0 spiro atoms. The number of hydrogen-bond donors (Lipinski definition) is 0. The third kappa shape index (κ3) is 3.69. The van der Waals surface area contributed by atoms with Crippen molar-refractivity contribution >= 4 is 5.57 Å². The first-order chi connectivity index (χ1) is 12.3. The van der Waals surface area contributed by atoms with E-state index >= 15 is 0 Å². The monoisotopic (exact) mass is 334 g/mol. The molecule has 25 heavy (non-hydrogen) atoms. The first-order valence-electron chi connectivity index (χ1n) is 8.45. The average molecular weight is 334 g/mol. The Morgan fingerprint density at radius 2 is 1.80 bits per heavy atom. The molecule has 0 saturated carbocycles. The zero-order valence-corrected chi connectivity index (χ0v) is 13.9. The summed E-state index contributed by atoms with van der Waals surface area (Å²) in [5.41, 5.74) is 3.54. The Morgan fingerprint density at radius 3 is 2.52 bits per heavy atom. The van der Waals surface area contributed by atoms with Crippen LogP contribution in [-0.2, 0) is 6.54 Å². The van der Waals surface area contributed by atoms with E-state index in [9.17, 15) is 4.39 Å². The summed E-state index contributed by atoms with van der Waals surface area (Å²) >= 11 is 0. The standard InChI is InChI=1S/C21H19FN2O/c22-19-8-6-18(7-9-19)20-14-23-21(25-20)15-24-12-10-17(11-13-24)16-4-2-1-3-5-16/h1-10,14H,11-13,15H2. The second-order valence-electron chi connectivity index (χ2n) is 6.21. The molecule has 0 bridgehead atoms. The van der Waals surface area contributed by atoms with Crippen LogP contribution in [0.2, 0.25) is 0 Å². The highest BCUT2D eigenvalue weighted by Crippen LogP contribution is 2.24. The third-order valence-electron chi connectivity index (χ3n) is 4.48. The lowest BCUT2D eigenvalue weighted by Gasteiger charge is -2.25. The molecule has 0 amide bonds. The highest BCUT2D eigenvalue weighted by atomic mass is 19.1. The predicted octanol–water partition coefficient (Wildman–Crippen LogP) is 4.77. The van der Waals surface area contributed by atoms with E-state index in [0.29, 0.717) is 18.2 Å². The van der Waals surface area contributed by atoms with E-state index in [0.717, 1.165) is 25.1 Å². The molecular weight excluding hydrogens is 315 g/mol. The molecule has 3 nitrogen and oxygen atoms in total. The van der Waals surface area contributed by atoms with Crippen molar-refractivity contribution in [2.75, 3.05) is 13.1 Å². The summed E-state index contributed by atoms with van der Waals surface area (Å²) in [7, 11) is 0. The fourth-order valence-electron chi connectivity index (χ4n) is 3.09. The molecular formula is C21H19FN2O. The Morgan fingerprint density at radius 1 is 1.00 bits per heavy atom. The van der Waals surface area contributed by atoms with E-state index in [1.54, 1.807) is 18.3 Å². The van der Waals surface area contributed by atoms with Gasteiger partial charge in [0.05, 0.1) is 12.7 Å². The normalized spacial score (nSPS) is 15.2. The van der Waals surface area contributed by atoms with Crippen LogP contribution in [0.5, 0.6) is 0 Å². The highest BCUT2D eigenvalue weighted by Gasteiger charge is 2.15. The zero-order valence-electron chi connectivity index (χ0n) is 13.9. The molecule has 1 aliphatic rings. The fraction of sp³-hybridized carbons (Fsp3) is 0.190. The maximum Gasteiger partial charge on any atom is 0.209 e. The minimum Gasteiger partial charge on any atom is -0.439 e. The molecule has 0 fully saturated rings. The molecule has 126 valence electrons. The van der Waals surface area contributed by atoms with Gasteiger partial charge in [-0.25, -0.2) is 9.37 Å². The molecule has 1 aliphatic heterocycles. The minimum absolute atomic E-state index is 0.252. The molecule has 2 aromatic carbocycles. The summed E-state index contributed by atoms with van der Waals surface area (Å²) in [6.45, 7) is 2.55. The molecule has 4 rings (SSSR count). The van der Waals surface area contributed by atoms with Crippen molar-refractivity contribution in [3.05, 3.63) is 84.1 Å². The number of oxazole rings is 1. The van der Waals surface area contributed by atoms with Crippen molar-refractivity contribution in [2.24, 2.45) is 0 Å². The molecule has 0 radical (unpaired) electrons. The Balaban J connectivity index is 1.41. The first-order valence-corrected chi connectivity index (χ1v) is 8.45. The Bertz CT molecular complexity index is 868. The van der Waals surface area contributed by atoms with E-state index in [-0.39, 0.29) is 5.82 Å². The fourth-order valence-corrected chi connectivity index (χ4v) is 3.09. The summed E-state index contributed by atoms with van der Waals surface area (Å²) < 4.78 is 18.8. The number of halogens is 1. The molecule has 0 atom stereocenters. The smallest absolute Gasteiger partial charge is 0.209 e. The van der Waals surface area contributed by atoms with Gasteiger partial charge in [0.25, 0.3) is 0 Å². The van der Waals surface area contributed by atoms with Crippen LogP contribution in [0.15, 0.2) is 71.3 Å². The van der Waals surface area contributed by atoms with E-state index in [1.807, 2.05) is 6.07 Å². The molecule has 0 saturated heterocycles. The van der Waals surface area contributed by atoms with Crippen molar-refractivity contribution in [2.45, 2.75) is 13.0 Å². The van der Waals surface area contributed by atoms with Gasteiger partial charge in [0.1, 0.15) is 5.82 Å². The van der Waals surface area contributed by atoms with Crippen LogP contribution in [0, 0.1) is 5.82 Å². The summed E-state index contributed by atoms with van der Waals surface area (Å²) in [5, 5.41) is 0. The van der Waals surface area contributed by atoms with Crippen molar-refractivity contribution in [1.29, 1.82) is 0 Å². The van der Waals surface area contributed by atoms with Gasteiger partial charge in [0.2, 0.25) is 5.89 Å². The lowest BCUT2D eigenvalue weighted by molar-refractivity contribution is 0.263. The molecule has 4 heteroatoms. The SMILES string of the molecule is Fc1ccc(-c2cnc(CN3CC=C(c4ccccc4)CC3)o2)cc1. The lowest BCUT2D eigenvalue weighted by atomic mass is 10.00. The van der Waals surface area contributed by atoms with Gasteiger partial charge in [0, 0.05) is 18.7 Å².